The molecular weight excluding hydrogens is 396 g/mol. The number of hydrogen-bond acceptors (Lipinski definition) is 2. The summed E-state index contributed by atoms with van der Waals surface area (Å²) in [5.41, 5.74) is 1.28. The van der Waals surface area contributed by atoms with E-state index in [1.165, 1.54) is 0 Å². The van der Waals surface area contributed by atoms with Crippen LogP contribution in [0.15, 0.2) is 63.8 Å². The number of hydrogen-bond donors (Lipinski definition) is 1. The van der Waals surface area contributed by atoms with E-state index in [1.807, 2.05) is 36.4 Å². The molecule has 0 atom stereocenters. The zero-order valence-corrected chi connectivity index (χ0v) is 14.0. The smallest absolute Gasteiger partial charge is 0.255 e. The highest BCUT2D eigenvalue weighted by atomic mass is 79.9. The Labute approximate surface area is 138 Å². The minimum atomic E-state index is -0.149. The van der Waals surface area contributed by atoms with Gasteiger partial charge in [0.2, 0.25) is 0 Å². The number of nitrogens with one attached hydrogen (secondary N) is 1. The van der Waals surface area contributed by atoms with Crippen molar-refractivity contribution in [3.05, 3.63) is 69.4 Å². The maximum atomic E-state index is 12.2. The quantitative estimate of drug-likeness (QED) is 0.608. The topological polar surface area (TPSA) is 42.0 Å². The highest BCUT2D eigenvalue weighted by molar-refractivity contribution is 9.10. The Balaban J connectivity index is 1.87. The molecule has 0 saturated carbocycles. The first-order valence-corrected chi connectivity index (χ1v) is 7.83. The van der Waals surface area contributed by atoms with Crippen LogP contribution in [0.2, 0.25) is 0 Å². The summed E-state index contributed by atoms with van der Waals surface area (Å²) in [6, 6.07) is 15.2. The largest absolute Gasteiger partial charge is 0.321 e. The Bertz CT molecular complexity index is 816. The standard InChI is InChI=1S/C16H10Br2N2O/c17-13-4-3-10-7-12(2-1-11(10)8-13)16(21)20-14-5-6-15(18)19-9-14/h1-9H,(H,20,21). The average molecular weight is 406 g/mol. The summed E-state index contributed by atoms with van der Waals surface area (Å²) in [6.07, 6.45) is 1.61. The van der Waals surface area contributed by atoms with Crippen molar-refractivity contribution in [2.75, 3.05) is 5.32 Å². The van der Waals surface area contributed by atoms with E-state index in [4.69, 9.17) is 0 Å². The second-order valence-corrected chi connectivity index (χ2v) is 6.26. The molecule has 0 radical (unpaired) electrons. The second-order valence-electron chi connectivity index (χ2n) is 4.53. The number of nitrogens with zero attached hydrogens (tertiary/aromatic N) is 1. The van der Waals surface area contributed by atoms with Crippen molar-refractivity contribution in [3.8, 4) is 0 Å². The molecule has 0 saturated heterocycles. The number of pyridine rings is 1. The van der Waals surface area contributed by atoms with Crippen LogP contribution in [0.1, 0.15) is 10.4 Å². The molecule has 21 heavy (non-hydrogen) atoms. The van der Waals surface area contributed by atoms with E-state index in [1.54, 1.807) is 18.3 Å². The summed E-state index contributed by atoms with van der Waals surface area (Å²) in [5.74, 6) is -0.149. The molecule has 0 spiro atoms. The van der Waals surface area contributed by atoms with Gasteiger partial charge >= 0.3 is 0 Å². The van der Waals surface area contributed by atoms with Crippen LogP contribution < -0.4 is 5.32 Å². The summed E-state index contributed by atoms with van der Waals surface area (Å²) >= 11 is 6.70. The fourth-order valence-corrected chi connectivity index (χ4v) is 2.62. The third-order valence-electron chi connectivity index (χ3n) is 3.05. The van der Waals surface area contributed by atoms with E-state index >= 15 is 0 Å². The number of aromatic nitrogens is 1. The van der Waals surface area contributed by atoms with E-state index in [0.717, 1.165) is 19.8 Å². The first-order chi connectivity index (χ1) is 10.1. The number of halogens is 2. The molecule has 0 aliphatic heterocycles. The number of rotatable bonds is 2. The van der Waals surface area contributed by atoms with Crippen LogP contribution in [-0.2, 0) is 0 Å². The zero-order chi connectivity index (χ0) is 14.8. The van der Waals surface area contributed by atoms with Gasteiger partial charge in [0, 0.05) is 10.0 Å². The van der Waals surface area contributed by atoms with Crippen LogP contribution in [0.4, 0.5) is 5.69 Å². The molecule has 0 aliphatic carbocycles. The maximum absolute atomic E-state index is 12.2. The van der Waals surface area contributed by atoms with E-state index in [0.29, 0.717) is 11.3 Å². The molecule has 3 rings (SSSR count). The summed E-state index contributed by atoms with van der Waals surface area (Å²) < 4.78 is 1.75. The summed E-state index contributed by atoms with van der Waals surface area (Å²) in [6.45, 7) is 0. The summed E-state index contributed by atoms with van der Waals surface area (Å²) in [7, 11) is 0. The maximum Gasteiger partial charge on any atom is 0.255 e. The first kappa shape index (κ1) is 14.2. The lowest BCUT2D eigenvalue weighted by atomic mass is 10.1. The van der Waals surface area contributed by atoms with Crippen molar-refractivity contribution in [2.24, 2.45) is 0 Å². The van der Waals surface area contributed by atoms with Crippen molar-refractivity contribution < 1.29 is 4.79 Å². The number of anilines is 1. The Morgan fingerprint density at radius 2 is 1.71 bits per heavy atom. The average Bonchev–Trinajstić information content (AvgIpc) is 2.49. The Morgan fingerprint density at radius 3 is 2.48 bits per heavy atom. The van der Waals surface area contributed by atoms with Gasteiger partial charge in [0.15, 0.2) is 0 Å². The van der Waals surface area contributed by atoms with Gasteiger partial charge in [0.25, 0.3) is 5.91 Å². The van der Waals surface area contributed by atoms with Gasteiger partial charge in [-0.1, -0.05) is 28.1 Å². The van der Waals surface area contributed by atoms with Crippen LogP contribution in [0.5, 0.6) is 0 Å². The van der Waals surface area contributed by atoms with E-state index in [-0.39, 0.29) is 5.91 Å². The van der Waals surface area contributed by atoms with Crippen molar-refractivity contribution >= 4 is 54.2 Å². The molecule has 0 fully saturated rings. The monoisotopic (exact) mass is 404 g/mol. The van der Waals surface area contributed by atoms with Crippen LogP contribution in [0.3, 0.4) is 0 Å². The third-order valence-corrected chi connectivity index (χ3v) is 4.01. The number of benzene rings is 2. The minimum absolute atomic E-state index is 0.149. The van der Waals surface area contributed by atoms with Gasteiger partial charge in [0.05, 0.1) is 11.9 Å². The molecule has 1 heterocycles. The lowest BCUT2D eigenvalue weighted by molar-refractivity contribution is 0.102. The molecule has 0 aliphatic rings. The van der Waals surface area contributed by atoms with Crippen molar-refractivity contribution in [3.63, 3.8) is 0 Å². The second kappa shape index (κ2) is 5.95. The number of amides is 1. The molecule has 1 amide bonds. The molecule has 3 aromatic rings. The van der Waals surface area contributed by atoms with Gasteiger partial charge in [-0.25, -0.2) is 4.98 Å². The molecule has 3 nitrogen and oxygen atoms in total. The molecule has 104 valence electrons. The molecule has 0 unspecified atom stereocenters. The van der Waals surface area contributed by atoms with Crippen LogP contribution in [0, 0.1) is 0 Å². The predicted molar refractivity (Wildman–Crippen MR) is 91.5 cm³/mol. The minimum Gasteiger partial charge on any atom is -0.321 e. The van der Waals surface area contributed by atoms with Gasteiger partial charge in [-0.3, -0.25) is 4.79 Å². The third kappa shape index (κ3) is 3.31. The molecule has 1 N–H and O–H groups in total. The van der Waals surface area contributed by atoms with E-state index in [2.05, 4.69) is 42.2 Å². The first-order valence-electron chi connectivity index (χ1n) is 6.24. The molecule has 1 aromatic heterocycles. The predicted octanol–water partition coefficient (Wildman–Crippen LogP) is 5.01. The molecule has 0 bridgehead atoms. The van der Waals surface area contributed by atoms with Crippen LogP contribution >= 0.6 is 31.9 Å². The van der Waals surface area contributed by atoms with E-state index in [9.17, 15) is 4.79 Å². The van der Waals surface area contributed by atoms with Crippen molar-refractivity contribution in [1.82, 2.24) is 4.98 Å². The molecular formula is C16H10Br2N2O. The number of fused-ring (bicyclic) bond motifs is 1. The number of carbonyl (C=O) groups is 1. The highest BCUT2D eigenvalue weighted by Gasteiger charge is 2.07. The van der Waals surface area contributed by atoms with Crippen molar-refractivity contribution in [2.45, 2.75) is 0 Å². The van der Waals surface area contributed by atoms with Gasteiger partial charge in [-0.05, 0) is 63.1 Å². The van der Waals surface area contributed by atoms with Gasteiger partial charge in [-0.2, -0.15) is 0 Å². The Morgan fingerprint density at radius 1 is 0.952 bits per heavy atom. The fraction of sp³-hybridized carbons (Fsp3) is 0. The zero-order valence-electron chi connectivity index (χ0n) is 10.8. The normalized spacial score (nSPS) is 10.6. The summed E-state index contributed by atoms with van der Waals surface area (Å²) in [4.78, 5) is 16.3. The molecule has 2 aromatic carbocycles. The van der Waals surface area contributed by atoms with Gasteiger partial charge < -0.3 is 5.32 Å². The van der Waals surface area contributed by atoms with Crippen molar-refractivity contribution in [1.29, 1.82) is 0 Å². The van der Waals surface area contributed by atoms with Crippen LogP contribution in [-0.4, -0.2) is 10.9 Å². The van der Waals surface area contributed by atoms with Gasteiger partial charge in [-0.15, -0.1) is 0 Å². The summed E-state index contributed by atoms with van der Waals surface area (Å²) in [5, 5.41) is 4.95. The number of carbonyl (C=O) groups excluding carboxylic acids is 1. The Kier molecular flexibility index (Phi) is 4.03. The SMILES string of the molecule is O=C(Nc1ccc(Br)nc1)c1ccc2cc(Br)ccc2c1. The van der Waals surface area contributed by atoms with Gasteiger partial charge in [0.1, 0.15) is 4.60 Å². The fourth-order valence-electron chi connectivity index (χ4n) is 2.01. The van der Waals surface area contributed by atoms with Crippen LogP contribution in [0.25, 0.3) is 10.8 Å². The van der Waals surface area contributed by atoms with E-state index < -0.39 is 0 Å². The molecule has 5 heteroatoms. The lowest BCUT2D eigenvalue weighted by Gasteiger charge is -2.06. The lowest BCUT2D eigenvalue weighted by Crippen LogP contribution is -2.11. The highest BCUT2D eigenvalue weighted by Crippen LogP contribution is 2.21. The Hall–Kier alpha value is -1.72.